The van der Waals surface area contributed by atoms with Crippen LogP contribution in [0.1, 0.15) is 26.3 Å². The summed E-state index contributed by atoms with van der Waals surface area (Å²) in [6, 6.07) is 26.2. The Bertz CT molecular complexity index is 1660. The molecule has 0 aromatic heterocycles. The Morgan fingerprint density at radius 3 is 2.24 bits per heavy atom. The van der Waals surface area contributed by atoms with Gasteiger partial charge in [-0.3, -0.25) is 14.4 Å². The second-order valence-corrected chi connectivity index (χ2v) is 10.6. The van der Waals surface area contributed by atoms with Gasteiger partial charge in [0.25, 0.3) is 11.8 Å². The predicted molar refractivity (Wildman–Crippen MR) is 166 cm³/mol. The van der Waals surface area contributed by atoms with E-state index in [1.54, 1.807) is 84.9 Å². The Morgan fingerprint density at radius 2 is 1.52 bits per heavy atom. The molecule has 0 saturated heterocycles. The molecule has 0 aliphatic heterocycles. The smallest absolute Gasteiger partial charge is 0.335 e. The fourth-order valence-corrected chi connectivity index (χ4v) is 4.67. The van der Waals surface area contributed by atoms with Crippen LogP contribution in [0.2, 0.25) is 10.0 Å². The van der Waals surface area contributed by atoms with Crippen molar-refractivity contribution in [2.75, 3.05) is 16.4 Å². The Labute approximate surface area is 255 Å². The number of rotatable bonds is 10. The topological polar surface area (TPSA) is 125 Å². The summed E-state index contributed by atoms with van der Waals surface area (Å²) in [6.45, 7) is 0. The summed E-state index contributed by atoms with van der Waals surface area (Å²) in [7, 11) is 0. The number of anilines is 2. The van der Waals surface area contributed by atoms with Crippen molar-refractivity contribution in [2.24, 2.45) is 0 Å². The molecule has 11 heteroatoms. The number of carboxylic acid groups (broad SMARTS) is 1. The van der Waals surface area contributed by atoms with E-state index in [4.69, 9.17) is 28.3 Å². The number of thioether (sulfide) groups is 1. The van der Waals surface area contributed by atoms with Crippen LogP contribution in [-0.2, 0) is 9.59 Å². The molecule has 0 saturated carbocycles. The van der Waals surface area contributed by atoms with Gasteiger partial charge in [0.2, 0.25) is 5.91 Å². The van der Waals surface area contributed by atoms with Crippen LogP contribution < -0.4 is 16.0 Å². The zero-order valence-electron chi connectivity index (χ0n) is 21.8. The number of carbonyl (C=O) groups excluding carboxylic acids is 3. The highest BCUT2D eigenvalue weighted by atomic mass is 35.5. The maximum Gasteiger partial charge on any atom is 0.335 e. The molecule has 0 fully saturated rings. The Kier molecular flexibility index (Phi) is 10.4. The third-order valence-corrected chi connectivity index (χ3v) is 7.23. The zero-order chi connectivity index (χ0) is 30.1. The molecule has 0 aliphatic carbocycles. The summed E-state index contributed by atoms with van der Waals surface area (Å²) < 4.78 is 0. The van der Waals surface area contributed by atoms with E-state index in [1.807, 2.05) is 0 Å². The molecule has 42 heavy (non-hydrogen) atoms. The maximum absolute atomic E-state index is 13.3. The lowest BCUT2D eigenvalue weighted by Gasteiger charge is -2.12. The van der Waals surface area contributed by atoms with E-state index in [1.165, 1.54) is 30.0 Å². The van der Waals surface area contributed by atoms with Crippen LogP contribution in [-0.4, -0.2) is 34.6 Å². The fourth-order valence-electron chi connectivity index (χ4n) is 3.62. The van der Waals surface area contributed by atoms with Crippen LogP contribution >= 0.6 is 35.0 Å². The van der Waals surface area contributed by atoms with Gasteiger partial charge < -0.3 is 21.1 Å². The third kappa shape index (κ3) is 8.71. The summed E-state index contributed by atoms with van der Waals surface area (Å²) in [5.74, 6) is -2.53. The van der Waals surface area contributed by atoms with Crippen LogP contribution in [0.3, 0.4) is 0 Å². The van der Waals surface area contributed by atoms with Gasteiger partial charge in [-0.15, -0.1) is 11.8 Å². The summed E-state index contributed by atoms with van der Waals surface area (Å²) in [6.07, 6.45) is 1.54. The van der Waals surface area contributed by atoms with Crippen LogP contribution in [0.15, 0.2) is 108 Å². The van der Waals surface area contributed by atoms with Gasteiger partial charge in [-0.2, -0.15) is 0 Å². The molecule has 0 aliphatic rings. The molecule has 3 amide bonds. The van der Waals surface area contributed by atoms with E-state index in [0.717, 1.165) is 0 Å². The lowest BCUT2D eigenvalue weighted by atomic mass is 10.1. The molecule has 8 nitrogen and oxygen atoms in total. The molecule has 0 unspecified atom stereocenters. The normalized spacial score (nSPS) is 11.0. The maximum atomic E-state index is 13.3. The van der Waals surface area contributed by atoms with Crippen molar-refractivity contribution >= 4 is 76.1 Å². The number of hydrogen-bond acceptors (Lipinski definition) is 5. The first-order chi connectivity index (χ1) is 20.2. The average molecular weight is 621 g/mol. The number of halogens is 2. The molecule has 212 valence electrons. The Morgan fingerprint density at radius 1 is 0.786 bits per heavy atom. The number of carbonyl (C=O) groups is 4. The first kappa shape index (κ1) is 30.4. The fraction of sp³-hybridized carbons (Fsp3) is 0.0323. The molecule has 0 heterocycles. The lowest BCUT2D eigenvalue weighted by Crippen LogP contribution is -2.30. The number of aromatic carboxylic acids is 1. The van der Waals surface area contributed by atoms with Crippen molar-refractivity contribution < 1.29 is 24.3 Å². The second-order valence-electron chi connectivity index (χ2n) is 8.75. The van der Waals surface area contributed by atoms with E-state index in [0.29, 0.717) is 26.7 Å². The van der Waals surface area contributed by atoms with Gasteiger partial charge in [0, 0.05) is 21.2 Å². The van der Waals surface area contributed by atoms with Crippen molar-refractivity contribution in [1.29, 1.82) is 0 Å². The average Bonchev–Trinajstić information content (AvgIpc) is 2.98. The number of carboxylic acids is 1. The molecular weight excluding hydrogens is 597 g/mol. The van der Waals surface area contributed by atoms with E-state index >= 15 is 0 Å². The number of amides is 3. The van der Waals surface area contributed by atoms with Crippen molar-refractivity contribution in [3.05, 3.63) is 129 Å². The van der Waals surface area contributed by atoms with Crippen molar-refractivity contribution in [2.45, 2.75) is 4.90 Å². The lowest BCUT2D eigenvalue weighted by molar-refractivity contribution is -0.114. The van der Waals surface area contributed by atoms with Gasteiger partial charge in [-0.1, -0.05) is 59.6 Å². The minimum atomic E-state index is -1.14. The monoisotopic (exact) mass is 619 g/mol. The number of hydrogen-bond donors (Lipinski definition) is 4. The highest BCUT2D eigenvalue weighted by molar-refractivity contribution is 8.00. The van der Waals surface area contributed by atoms with Crippen molar-refractivity contribution in [3.8, 4) is 0 Å². The summed E-state index contributed by atoms with van der Waals surface area (Å²) in [5.41, 5.74) is 1.70. The number of benzene rings is 4. The zero-order valence-corrected chi connectivity index (χ0v) is 24.1. The third-order valence-electron chi connectivity index (χ3n) is 5.66. The standard InChI is InChI=1S/C31H23Cl2N3O5S/c32-22-12-9-19(10-13-22)15-27(36-29(38)20-5-2-1-3-6-20)30(39)34-23-7-4-8-24(17-23)42-18-28(37)35-26-16-21(31(40)41)11-14-25(26)33/h1-17H,18H2,(H,34,39)(H,35,37)(H,36,38)(H,40,41)/b27-15-. The molecular formula is C31H23Cl2N3O5S. The van der Waals surface area contributed by atoms with Crippen LogP contribution in [0.4, 0.5) is 11.4 Å². The summed E-state index contributed by atoms with van der Waals surface area (Å²) in [5, 5.41) is 18.0. The molecule has 0 radical (unpaired) electrons. The SMILES string of the molecule is O=C(CSc1cccc(NC(=O)/C(=C/c2ccc(Cl)cc2)NC(=O)c2ccccc2)c1)Nc1cc(C(=O)O)ccc1Cl. The van der Waals surface area contributed by atoms with E-state index in [2.05, 4.69) is 16.0 Å². The van der Waals surface area contributed by atoms with Crippen LogP contribution in [0, 0.1) is 0 Å². The first-order valence-electron chi connectivity index (χ1n) is 12.4. The highest BCUT2D eigenvalue weighted by Crippen LogP contribution is 2.25. The highest BCUT2D eigenvalue weighted by Gasteiger charge is 2.16. The summed E-state index contributed by atoms with van der Waals surface area (Å²) >= 11 is 13.3. The predicted octanol–water partition coefficient (Wildman–Crippen LogP) is 6.83. The quantitative estimate of drug-likeness (QED) is 0.114. The number of nitrogens with one attached hydrogen (secondary N) is 3. The van der Waals surface area contributed by atoms with Gasteiger partial charge in [-0.25, -0.2) is 4.79 Å². The van der Waals surface area contributed by atoms with E-state index in [9.17, 15) is 19.2 Å². The molecule has 4 aromatic carbocycles. The molecule has 4 N–H and O–H groups in total. The van der Waals surface area contributed by atoms with Crippen LogP contribution in [0.5, 0.6) is 0 Å². The molecule has 0 atom stereocenters. The Hall–Kier alpha value is -4.57. The van der Waals surface area contributed by atoms with Crippen molar-refractivity contribution in [3.63, 3.8) is 0 Å². The van der Waals surface area contributed by atoms with E-state index < -0.39 is 23.7 Å². The van der Waals surface area contributed by atoms with E-state index in [-0.39, 0.29) is 27.7 Å². The minimum absolute atomic E-state index is 0.000119. The Balaban J connectivity index is 1.44. The second kappa shape index (κ2) is 14.4. The minimum Gasteiger partial charge on any atom is -0.478 e. The van der Waals surface area contributed by atoms with Gasteiger partial charge in [0.15, 0.2) is 0 Å². The van der Waals surface area contributed by atoms with Gasteiger partial charge in [0.1, 0.15) is 5.70 Å². The molecule has 0 bridgehead atoms. The van der Waals surface area contributed by atoms with Gasteiger partial charge in [-0.05, 0) is 72.3 Å². The van der Waals surface area contributed by atoms with Gasteiger partial charge in [0.05, 0.1) is 22.0 Å². The molecule has 4 rings (SSSR count). The molecule has 0 spiro atoms. The largest absolute Gasteiger partial charge is 0.478 e. The van der Waals surface area contributed by atoms with Crippen LogP contribution in [0.25, 0.3) is 6.08 Å². The van der Waals surface area contributed by atoms with Crippen molar-refractivity contribution in [1.82, 2.24) is 5.32 Å². The van der Waals surface area contributed by atoms with Gasteiger partial charge >= 0.3 is 5.97 Å². The first-order valence-corrected chi connectivity index (χ1v) is 14.1. The molecule has 4 aromatic rings. The summed E-state index contributed by atoms with van der Waals surface area (Å²) in [4.78, 5) is 50.5.